The molecule has 0 aromatic heterocycles. The van der Waals surface area contributed by atoms with Gasteiger partial charge in [-0.25, -0.2) is 0 Å². The average Bonchev–Trinajstić information content (AvgIpc) is 3.44. The second-order valence-corrected chi connectivity index (χ2v) is 10.0. The lowest BCUT2D eigenvalue weighted by molar-refractivity contribution is -0.147. The Labute approximate surface area is 194 Å². The number of halogens is 2. The van der Waals surface area contributed by atoms with Crippen LogP contribution >= 0.6 is 27.5 Å². The van der Waals surface area contributed by atoms with E-state index in [0.29, 0.717) is 10.7 Å². The predicted molar refractivity (Wildman–Crippen MR) is 121 cm³/mol. The summed E-state index contributed by atoms with van der Waals surface area (Å²) in [5.74, 6) is -0.668. The van der Waals surface area contributed by atoms with Gasteiger partial charge in [-0.05, 0) is 70.8 Å². The van der Waals surface area contributed by atoms with Crippen molar-refractivity contribution in [3.8, 4) is 0 Å². The summed E-state index contributed by atoms with van der Waals surface area (Å²) in [7, 11) is 0. The number of fused-ring (bicyclic) bond motifs is 5. The number of nitrogens with one attached hydrogen (secondary N) is 1. The van der Waals surface area contributed by atoms with E-state index < -0.39 is 6.04 Å². The van der Waals surface area contributed by atoms with E-state index in [1.165, 1.54) is 4.90 Å². The molecule has 1 N–H and O–H groups in total. The van der Waals surface area contributed by atoms with E-state index in [2.05, 4.69) is 21.2 Å². The molecule has 2 aromatic rings. The molecule has 2 saturated carbocycles. The number of imide groups is 1. The third-order valence-corrected chi connectivity index (χ3v) is 8.27. The highest BCUT2D eigenvalue weighted by Crippen LogP contribution is 2.56. The highest BCUT2D eigenvalue weighted by Gasteiger charge is 2.62. The minimum Gasteiger partial charge on any atom is -0.324 e. The third-order valence-electron chi connectivity index (χ3n) is 7.03. The monoisotopic (exact) mass is 500 g/mol. The molecule has 5 atom stereocenters. The van der Waals surface area contributed by atoms with Gasteiger partial charge in [0.15, 0.2) is 0 Å². The first-order valence-electron chi connectivity index (χ1n) is 10.6. The minimum atomic E-state index is -0.894. The van der Waals surface area contributed by atoms with Crippen molar-refractivity contribution in [1.82, 2.24) is 4.90 Å². The van der Waals surface area contributed by atoms with E-state index in [4.69, 9.17) is 11.6 Å². The Kier molecular flexibility index (Phi) is 5.39. The Hall–Kier alpha value is -2.18. The van der Waals surface area contributed by atoms with Crippen LogP contribution in [-0.2, 0) is 20.8 Å². The predicted octanol–water partition coefficient (Wildman–Crippen LogP) is 4.68. The number of anilines is 1. The van der Waals surface area contributed by atoms with Gasteiger partial charge in [0, 0.05) is 16.6 Å². The Morgan fingerprint density at radius 2 is 1.71 bits per heavy atom. The van der Waals surface area contributed by atoms with Crippen molar-refractivity contribution in [2.45, 2.75) is 31.7 Å². The van der Waals surface area contributed by atoms with E-state index in [-0.39, 0.29) is 47.8 Å². The van der Waals surface area contributed by atoms with Crippen LogP contribution in [0.1, 0.15) is 24.8 Å². The first-order valence-corrected chi connectivity index (χ1v) is 11.8. The lowest BCUT2D eigenvalue weighted by Crippen LogP contribution is -2.49. The van der Waals surface area contributed by atoms with Gasteiger partial charge in [-0.1, -0.05) is 41.9 Å². The van der Waals surface area contributed by atoms with Crippen LogP contribution in [-0.4, -0.2) is 28.7 Å². The van der Waals surface area contributed by atoms with Gasteiger partial charge in [-0.3, -0.25) is 19.3 Å². The minimum absolute atomic E-state index is 0.174. The summed E-state index contributed by atoms with van der Waals surface area (Å²) in [5, 5.41) is 3.33. The van der Waals surface area contributed by atoms with Crippen molar-refractivity contribution in [2.75, 3.05) is 5.32 Å². The van der Waals surface area contributed by atoms with Gasteiger partial charge in [0.05, 0.1) is 16.9 Å². The lowest BCUT2D eigenvalue weighted by atomic mass is 9.81. The summed E-state index contributed by atoms with van der Waals surface area (Å²) in [6.45, 7) is 0. The molecule has 31 heavy (non-hydrogen) atoms. The number of likely N-dealkylation sites (tertiary alicyclic amines) is 1. The molecule has 0 radical (unpaired) electrons. The molecular weight excluding hydrogens is 480 g/mol. The van der Waals surface area contributed by atoms with E-state index >= 15 is 0 Å². The highest BCUT2D eigenvalue weighted by molar-refractivity contribution is 9.10. The second-order valence-electron chi connectivity index (χ2n) is 8.75. The molecule has 0 unspecified atom stereocenters. The van der Waals surface area contributed by atoms with Crippen molar-refractivity contribution < 1.29 is 14.4 Å². The topological polar surface area (TPSA) is 66.5 Å². The molecule has 5 rings (SSSR count). The van der Waals surface area contributed by atoms with Crippen LogP contribution in [0, 0.1) is 23.7 Å². The average molecular weight is 502 g/mol. The van der Waals surface area contributed by atoms with Crippen LogP contribution in [0.5, 0.6) is 0 Å². The first-order chi connectivity index (χ1) is 14.9. The SMILES string of the molecule is O=C(Nc1ccc(Br)c(Cl)c1)[C@H](Cc1ccccc1)N1C(=O)[C@@H]2[C@H]3CC[C@@H](C3)[C@H]2C1=O. The largest absolute Gasteiger partial charge is 0.324 e. The third kappa shape index (κ3) is 3.60. The fourth-order valence-electron chi connectivity index (χ4n) is 5.68. The summed E-state index contributed by atoms with van der Waals surface area (Å²) in [5.41, 5.74) is 1.42. The number of benzene rings is 2. The Morgan fingerprint density at radius 1 is 1.06 bits per heavy atom. The number of amides is 3. The molecule has 0 spiro atoms. The number of rotatable bonds is 5. The fraction of sp³-hybridized carbons (Fsp3) is 0.375. The van der Waals surface area contributed by atoms with Gasteiger partial charge in [0.25, 0.3) is 0 Å². The summed E-state index contributed by atoms with van der Waals surface area (Å²) in [6.07, 6.45) is 3.26. The normalized spacial score (nSPS) is 27.5. The summed E-state index contributed by atoms with van der Waals surface area (Å²) in [4.78, 5) is 41.4. The van der Waals surface area contributed by atoms with E-state index in [1.807, 2.05) is 30.3 Å². The maximum atomic E-state index is 13.4. The van der Waals surface area contributed by atoms with Crippen molar-refractivity contribution in [2.24, 2.45) is 23.7 Å². The van der Waals surface area contributed by atoms with Crippen LogP contribution in [0.4, 0.5) is 5.69 Å². The Bertz CT molecular complexity index is 1030. The fourth-order valence-corrected chi connectivity index (χ4v) is 6.10. The first kappa shape index (κ1) is 20.7. The quantitative estimate of drug-likeness (QED) is 0.605. The second kappa shape index (κ2) is 8.06. The van der Waals surface area contributed by atoms with Crippen molar-refractivity contribution in [1.29, 1.82) is 0 Å². The molecule has 2 aliphatic carbocycles. The van der Waals surface area contributed by atoms with E-state index in [1.54, 1.807) is 18.2 Å². The molecule has 2 aromatic carbocycles. The molecule has 3 amide bonds. The standard InChI is InChI=1S/C24H22BrClN2O3/c25-17-9-8-16(12-18(17)26)27-22(29)19(10-13-4-2-1-3-5-13)28-23(30)20-14-6-7-15(11-14)21(20)24(28)31/h1-5,8-9,12,14-15,19-21H,6-7,10-11H2,(H,27,29)/t14-,15-,19-,20+,21+/m0/s1. The number of hydrogen-bond donors (Lipinski definition) is 1. The van der Waals surface area contributed by atoms with Crippen LogP contribution in [0.3, 0.4) is 0 Å². The van der Waals surface area contributed by atoms with E-state index in [9.17, 15) is 14.4 Å². The zero-order valence-corrected chi connectivity index (χ0v) is 19.1. The lowest BCUT2D eigenvalue weighted by Gasteiger charge is -2.27. The van der Waals surface area contributed by atoms with Gasteiger partial charge in [0.2, 0.25) is 17.7 Å². The summed E-state index contributed by atoms with van der Waals surface area (Å²) in [6, 6.07) is 13.7. The van der Waals surface area contributed by atoms with Crippen LogP contribution in [0.15, 0.2) is 53.0 Å². The molecule has 1 saturated heterocycles. The van der Waals surface area contributed by atoms with Crippen LogP contribution < -0.4 is 5.32 Å². The maximum Gasteiger partial charge on any atom is 0.248 e. The zero-order valence-electron chi connectivity index (χ0n) is 16.8. The maximum absolute atomic E-state index is 13.4. The van der Waals surface area contributed by atoms with Gasteiger partial charge in [-0.2, -0.15) is 0 Å². The van der Waals surface area contributed by atoms with Crippen LogP contribution in [0.2, 0.25) is 5.02 Å². The Morgan fingerprint density at radius 3 is 2.32 bits per heavy atom. The number of nitrogens with zero attached hydrogens (tertiary/aromatic N) is 1. The van der Waals surface area contributed by atoms with Crippen molar-refractivity contribution in [3.63, 3.8) is 0 Å². The number of carbonyl (C=O) groups is 3. The Balaban J connectivity index is 1.45. The molecule has 1 heterocycles. The molecule has 3 fully saturated rings. The molecule has 2 bridgehead atoms. The molecule has 1 aliphatic heterocycles. The highest BCUT2D eigenvalue weighted by atomic mass is 79.9. The van der Waals surface area contributed by atoms with Gasteiger partial charge in [0.1, 0.15) is 6.04 Å². The van der Waals surface area contributed by atoms with Gasteiger partial charge >= 0.3 is 0 Å². The van der Waals surface area contributed by atoms with E-state index in [0.717, 1.165) is 29.3 Å². The molecule has 160 valence electrons. The van der Waals surface area contributed by atoms with Crippen molar-refractivity contribution >= 4 is 50.9 Å². The number of hydrogen-bond acceptors (Lipinski definition) is 3. The van der Waals surface area contributed by atoms with Crippen LogP contribution in [0.25, 0.3) is 0 Å². The smallest absolute Gasteiger partial charge is 0.248 e. The molecule has 3 aliphatic rings. The van der Waals surface area contributed by atoms with Gasteiger partial charge < -0.3 is 5.32 Å². The summed E-state index contributed by atoms with van der Waals surface area (Å²) < 4.78 is 0.723. The molecular formula is C24H22BrClN2O3. The number of carbonyl (C=O) groups excluding carboxylic acids is 3. The molecule has 5 nitrogen and oxygen atoms in total. The zero-order chi connectivity index (χ0) is 21.7. The summed E-state index contributed by atoms with van der Waals surface area (Å²) >= 11 is 9.51. The van der Waals surface area contributed by atoms with Gasteiger partial charge in [-0.15, -0.1) is 0 Å². The van der Waals surface area contributed by atoms with Crippen molar-refractivity contribution in [3.05, 3.63) is 63.6 Å². The molecule has 7 heteroatoms.